The SMILES string of the molecule is C=C(C)C(=O)Oc1ccc2cc(-c3ccc(OC(=O)CC)cc3)c(=O)oc2c1. The summed E-state index contributed by atoms with van der Waals surface area (Å²) in [5.74, 6) is -0.216. The molecule has 0 aliphatic rings. The summed E-state index contributed by atoms with van der Waals surface area (Å²) in [6.07, 6.45) is 0.277. The van der Waals surface area contributed by atoms with Crippen LogP contribution >= 0.6 is 0 Å². The molecule has 6 heteroatoms. The number of hydrogen-bond acceptors (Lipinski definition) is 6. The van der Waals surface area contributed by atoms with Crippen LogP contribution in [0.25, 0.3) is 22.1 Å². The third-order valence-corrected chi connectivity index (χ3v) is 3.95. The molecule has 0 spiro atoms. The first-order valence-electron chi connectivity index (χ1n) is 8.64. The fraction of sp³-hybridized carbons (Fsp3) is 0.136. The quantitative estimate of drug-likeness (QED) is 0.286. The Morgan fingerprint density at radius 1 is 1.00 bits per heavy atom. The number of benzene rings is 2. The Kier molecular flexibility index (Phi) is 5.40. The van der Waals surface area contributed by atoms with E-state index in [0.29, 0.717) is 27.8 Å². The van der Waals surface area contributed by atoms with Crippen molar-refractivity contribution in [2.24, 2.45) is 0 Å². The highest BCUT2D eigenvalue weighted by atomic mass is 16.5. The normalized spacial score (nSPS) is 10.5. The first-order chi connectivity index (χ1) is 13.4. The zero-order chi connectivity index (χ0) is 20.3. The minimum atomic E-state index is -0.554. The van der Waals surface area contributed by atoms with Gasteiger partial charge in [-0.25, -0.2) is 9.59 Å². The number of esters is 2. The van der Waals surface area contributed by atoms with Crippen LogP contribution in [0.4, 0.5) is 0 Å². The minimum absolute atomic E-state index is 0.262. The van der Waals surface area contributed by atoms with Gasteiger partial charge in [-0.15, -0.1) is 0 Å². The van der Waals surface area contributed by atoms with Crippen LogP contribution in [0, 0.1) is 0 Å². The van der Waals surface area contributed by atoms with E-state index in [0.717, 1.165) is 0 Å². The maximum absolute atomic E-state index is 12.4. The Labute approximate surface area is 161 Å². The predicted octanol–water partition coefficient (Wildman–Crippen LogP) is 4.26. The highest BCUT2D eigenvalue weighted by Gasteiger charge is 2.11. The molecule has 142 valence electrons. The molecule has 0 saturated heterocycles. The maximum Gasteiger partial charge on any atom is 0.344 e. The van der Waals surface area contributed by atoms with Gasteiger partial charge < -0.3 is 13.9 Å². The van der Waals surface area contributed by atoms with E-state index in [2.05, 4.69) is 6.58 Å². The van der Waals surface area contributed by atoms with Gasteiger partial charge in [-0.1, -0.05) is 25.6 Å². The van der Waals surface area contributed by atoms with Crippen molar-refractivity contribution in [3.8, 4) is 22.6 Å². The molecule has 0 unspecified atom stereocenters. The van der Waals surface area contributed by atoms with Gasteiger partial charge in [0.1, 0.15) is 17.1 Å². The smallest absolute Gasteiger partial charge is 0.344 e. The monoisotopic (exact) mass is 378 g/mol. The molecule has 0 N–H and O–H groups in total. The van der Waals surface area contributed by atoms with Gasteiger partial charge in [-0.05, 0) is 42.8 Å². The molecule has 1 heterocycles. The summed E-state index contributed by atoms with van der Waals surface area (Å²) in [5.41, 5.74) is 1.03. The lowest BCUT2D eigenvalue weighted by atomic mass is 10.1. The van der Waals surface area contributed by atoms with E-state index in [-0.39, 0.29) is 23.7 Å². The van der Waals surface area contributed by atoms with Crippen molar-refractivity contribution < 1.29 is 23.5 Å². The lowest BCUT2D eigenvalue weighted by Crippen LogP contribution is -2.08. The second-order valence-electron chi connectivity index (χ2n) is 6.17. The highest BCUT2D eigenvalue weighted by molar-refractivity contribution is 5.90. The van der Waals surface area contributed by atoms with E-state index in [4.69, 9.17) is 13.9 Å². The topological polar surface area (TPSA) is 82.8 Å². The fourth-order valence-electron chi connectivity index (χ4n) is 2.46. The number of carbonyl (C=O) groups excluding carboxylic acids is 2. The molecule has 0 saturated carbocycles. The van der Waals surface area contributed by atoms with Crippen LogP contribution in [0.5, 0.6) is 11.5 Å². The summed E-state index contributed by atoms with van der Waals surface area (Å²) in [6.45, 7) is 6.78. The first-order valence-corrected chi connectivity index (χ1v) is 8.64. The second kappa shape index (κ2) is 7.92. The van der Waals surface area contributed by atoms with E-state index in [1.54, 1.807) is 56.3 Å². The molecule has 2 aromatic carbocycles. The maximum atomic E-state index is 12.4. The molecule has 3 aromatic rings. The van der Waals surface area contributed by atoms with E-state index in [1.807, 2.05) is 0 Å². The molecule has 0 aliphatic carbocycles. The van der Waals surface area contributed by atoms with Gasteiger partial charge in [0.05, 0.1) is 5.56 Å². The number of hydrogen-bond donors (Lipinski definition) is 0. The van der Waals surface area contributed by atoms with Gasteiger partial charge >= 0.3 is 17.6 Å². The summed E-state index contributed by atoms with van der Waals surface area (Å²) in [6, 6.07) is 13.1. The average Bonchev–Trinajstić information content (AvgIpc) is 2.68. The molecule has 1 aromatic heterocycles. The lowest BCUT2D eigenvalue weighted by molar-refractivity contribution is -0.134. The van der Waals surface area contributed by atoms with Gasteiger partial charge in [0.2, 0.25) is 0 Å². The van der Waals surface area contributed by atoms with Gasteiger partial charge in [-0.3, -0.25) is 4.79 Å². The van der Waals surface area contributed by atoms with Crippen LogP contribution in [0.3, 0.4) is 0 Å². The summed E-state index contributed by atoms with van der Waals surface area (Å²) in [7, 11) is 0. The third-order valence-electron chi connectivity index (χ3n) is 3.95. The lowest BCUT2D eigenvalue weighted by Gasteiger charge is -2.07. The van der Waals surface area contributed by atoms with Crippen LogP contribution in [-0.4, -0.2) is 11.9 Å². The van der Waals surface area contributed by atoms with Crippen molar-refractivity contribution in [1.82, 2.24) is 0 Å². The Morgan fingerprint density at radius 3 is 2.32 bits per heavy atom. The Morgan fingerprint density at radius 2 is 1.68 bits per heavy atom. The molecule has 28 heavy (non-hydrogen) atoms. The number of ether oxygens (including phenoxy) is 2. The van der Waals surface area contributed by atoms with Crippen molar-refractivity contribution in [2.45, 2.75) is 20.3 Å². The fourth-order valence-corrected chi connectivity index (χ4v) is 2.46. The summed E-state index contributed by atoms with van der Waals surface area (Å²) in [4.78, 5) is 35.4. The molecule has 0 fully saturated rings. The third kappa shape index (κ3) is 4.17. The van der Waals surface area contributed by atoms with Crippen molar-refractivity contribution in [3.63, 3.8) is 0 Å². The van der Waals surface area contributed by atoms with E-state index >= 15 is 0 Å². The zero-order valence-electron chi connectivity index (χ0n) is 15.5. The Bertz CT molecular complexity index is 1120. The molecule has 6 nitrogen and oxygen atoms in total. The molecule has 0 radical (unpaired) electrons. The van der Waals surface area contributed by atoms with Crippen LogP contribution in [0.2, 0.25) is 0 Å². The Balaban J connectivity index is 1.91. The molecule has 0 atom stereocenters. The molecule has 0 aliphatic heterocycles. The summed E-state index contributed by atoms with van der Waals surface area (Å²) in [5, 5.41) is 0.672. The van der Waals surface area contributed by atoms with Crippen molar-refractivity contribution in [3.05, 3.63) is 71.1 Å². The second-order valence-corrected chi connectivity index (χ2v) is 6.17. The van der Waals surface area contributed by atoms with Gasteiger partial charge in [0.25, 0.3) is 0 Å². The molecule has 3 rings (SSSR count). The van der Waals surface area contributed by atoms with E-state index in [1.165, 1.54) is 6.07 Å². The zero-order valence-corrected chi connectivity index (χ0v) is 15.5. The number of rotatable bonds is 5. The molecule has 0 amide bonds. The summed E-state index contributed by atoms with van der Waals surface area (Å²) < 4.78 is 15.7. The van der Waals surface area contributed by atoms with Crippen LogP contribution in [-0.2, 0) is 9.59 Å². The van der Waals surface area contributed by atoms with Crippen molar-refractivity contribution >= 4 is 22.9 Å². The largest absolute Gasteiger partial charge is 0.427 e. The Hall–Kier alpha value is -3.67. The predicted molar refractivity (Wildman–Crippen MR) is 104 cm³/mol. The van der Waals surface area contributed by atoms with E-state index in [9.17, 15) is 14.4 Å². The average molecular weight is 378 g/mol. The molecular formula is C22H18O6. The molecular weight excluding hydrogens is 360 g/mol. The van der Waals surface area contributed by atoms with Crippen molar-refractivity contribution in [2.75, 3.05) is 0 Å². The van der Waals surface area contributed by atoms with Crippen LogP contribution in [0.15, 0.2) is 69.9 Å². The van der Waals surface area contributed by atoms with Crippen LogP contribution in [0.1, 0.15) is 20.3 Å². The van der Waals surface area contributed by atoms with Crippen LogP contribution < -0.4 is 15.1 Å². The van der Waals surface area contributed by atoms with Gasteiger partial charge in [-0.2, -0.15) is 0 Å². The van der Waals surface area contributed by atoms with Gasteiger partial charge in [0, 0.05) is 23.4 Å². The molecule has 0 bridgehead atoms. The minimum Gasteiger partial charge on any atom is -0.427 e. The standard InChI is InChI=1S/C22H18O6/c1-4-20(23)26-16-8-5-14(6-9-16)18-11-15-7-10-17(27-21(24)13(2)3)12-19(15)28-22(18)25/h5-12H,2,4H2,1,3H3. The number of fused-ring (bicyclic) bond motifs is 1. The van der Waals surface area contributed by atoms with Gasteiger partial charge in [0.15, 0.2) is 0 Å². The summed E-state index contributed by atoms with van der Waals surface area (Å²) >= 11 is 0. The van der Waals surface area contributed by atoms with E-state index < -0.39 is 11.6 Å². The first kappa shape index (κ1) is 19.1. The van der Waals surface area contributed by atoms with Crippen molar-refractivity contribution in [1.29, 1.82) is 0 Å². The highest BCUT2D eigenvalue weighted by Crippen LogP contribution is 2.26. The number of carbonyl (C=O) groups is 2.